The molecule has 1 aromatic rings. The molecule has 2 fully saturated rings. The molecule has 19 heavy (non-hydrogen) atoms. The van der Waals surface area contributed by atoms with E-state index < -0.39 is 0 Å². The molecule has 1 aliphatic carbocycles. The highest BCUT2D eigenvalue weighted by Crippen LogP contribution is 2.46. The van der Waals surface area contributed by atoms with E-state index in [4.69, 9.17) is 4.98 Å². The lowest BCUT2D eigenvalue weighted by Crippen LogP contribution is -2.30. The maximum atomic E-state index is 4.90. The maximum Gasteiger partial charge on any atom is 0.135 e. The fraction of sp³-hybridized carbons (Fsp3) is 0.733. The lowest BCUT2D eigenvalue weighted by Gasteiger charge is -2.28. The molecular formula is C15H24N4. The summed E-state index contributed by atoms with van der Waals surface area (Å²) in [5, 5.41) is 3.29. The van der Waals surface area contributed by atoms with Crippen molar-refractivity contribution in [3.8, 4) is 0 Å². The van der Waals surface area contributed by atoms with E-state index in [0.717, 1.165) is 12.4 Å². The van der Waals surface area contributed by atoms with Gasteiger partial charge in [-0.25, -0.2) is 9.97 Å². The van der Waals surface area contributed by atoms with E-state index >= 15 is 0 Å². The van der Waals surface area contributed by atoms with E-state index in [1.54, 1.807) is 0 Å². The minimum atomic E-state index is 0.232. The molecule has 1 aromatic heterocycles. The minimum Gasteiger partial charge on any atom is -0.319 e. The highest BCUT2D eigenvalue weighted by atomic mass is 15.1. The van der Waals surface area contributed by atoms with E-state index in [1.807, 2.05) is 13.2 Å². The van der Waals surface area contributed by atoms with Gasteiger partial charge in [0.2, 0.25) is 0 Å². The lowest BCUT2D eigenvalue weighted by atomic mass is 9.93. The topological polar surface area (TPSA) is 41.1 Å². The number of hydrogen-bond donors (Lipinski definition) is 1. The van der Waals surface area contributed by atoms with Crippen molar-refractivity contribution in [2.75, 3.05) is 33.7 Å². The Kier molecular flexibility index (Phi) is 3.54. The summed E-state index contributed by atoms with van der Waals surface area (Å²) in [4.78, 5) is 11.8. The Labute approximate surface area is 115 Å². The van der Waals surface area contributed by atoms with Crippen LogP contribution in [0.4, 0.5) is 0 Å². The minimum absolute atomic E-state index is 0.232. The van der Waals surface area contributed by atoms with Gasteiger partial charge < -0.3 is 10.2 Å². The van der Waals surface area contributed by atoms with Crippen molar-refractivity contribution in [3.05, 3.63) is 23.8 Å². The van der Waals surface area contributed by atoms with Crippen LogP contribution in [0.1, 0.15) is 43.1 Å². The Bertz CT molecular complexity index is 434. The Morgan fingerprint density at radius 2 is 2.11 bits per heavy atom. The van der Waals surface area contributed by atoms with Crippen LogP contribution in [0.2, 0.25) is 0 Å². The first-order chi connectivity index (χ1) is 9.23. The second-order valence-corrected chi connectivity index (χ2v) is 6.19. The third kappa shape index (κ3) is 2.65. The molecule has 4 heteroatoms. The van der Waals surface area contributed by atoms with Crippen molar-refractivity contribution in [2.24, 2.45) is 0 Å². The Balaban J connectivity index is 1.77. The van der Waals surface area contributed by atoms with Crippen LogP contribution in [-0.2, 0) is 5.41 Å². The second-order valence-electron chi connectivity index (χ2n) is 6.19. The normalized spacial score (nSPS) is 23.5. The first-order valence-electron chi connectivity index (χ1n) is 7.40. The van der Waals surface area contributed by atoms with Crippen LogP contribution in [0.5, 0.6) is 0 Å². The standard InChI is InChI=1S/C15H24N4/c1-16-11-15(6-7-15)14-17-8-3-13(18-14)12-4-9-19(2)10-5-12/h3,8,12,16H,4-7,9-11H2,1-2H3. The molecule has 3 rings (SSSR count). The van der Waals surface area contributed by atoms with Crippen LogP contribution in [0.3, 0.4) is 0 Å². The molecule has 0 bridgehead atoms. The van der Waals surface area contributed by atoms with Crippen LogP contribution in [0.25, 0.3) is 0 Å². The largest absolute Gasteiger partial charge is 0.319 e. The molecule has 1 aliphatic heterocycles. The maximum absolute atomic E-state index is 4.90. The first-order valence-corrected chi connectivity index (χ1v) is 7.40. The number of likely N-dealkylation sites (tertiary alicyclic amines) is 1. The SMILES string of the molecule is CNCC1(c2nccc(C3CCN(C)CC3)n2)CC1. The lowest BCUT2D eigenvalue weighted by molar-refractivity contribution is 0.253. The van der Waals surface area contributed by atoms with Crippen molar-refractivity contribution >= 4 is 0 Å². The summed E-state index contributed by atoms with van der Waals surface area (Å²) in [5.41, 5.74) is 1.50. The van der Waals surface area contributed by atoms with Crippen LogP contribution < -0.4 is 5.32 Å². The highest BCUT2D eigenvalue weighted by Gasteiger charge is 2.46. The average Bonchev–Trinajstić information content (AvgIpc) is 3.21. The molecule has 1 N–H and O–H groups in total. The van der Waals surface area contributed by atoms with Gasteiger partial charge in [0.25, 0.3) is 0 Å². The monoisotopic (exact) mass is 260 g/mol. The highest BCUT2D eigenvalue weighted by molar-refractivity contribution is 5.22. The molecule has 104 valence electrons. The summed E-state index contributed by atoms with van der Waals surface area (Å²) in [6.07, 6.45) is 6.87. The van der Waals surface area contributed by atoms with E-state index in [9.17, 15) is 0 Å². The zero-order valence-corrected chi connectivity index (χ0v) is 12.0. The van der Waals surface area contributed by atoms with Gasteiger partial charge in [-0.05, 0) is 58.9 Å². The zero-order valence-electron chi connectivity index (χ0n) is 12.0. The van der Waals surface area contributed by atoms with Crippen LogP contribution in [0, 0.1) is 0 Å². The number of piperidine rings is 1. The van der Waals surface area contributed by atoms with Gasteiger partial charge in [0.05, 0.1) is 0 Å². The molecule has 0 unspecified atom stereocenters. The summed E-state index contributed by atoms with van der Waals surface area (Å²) in [6, 6.07) is 2.12. The van der Waals surface area contributed by atoms with Crippen molar-refractivity contribution in [1.29, 1.82) is 0 Å². The van der Waals surface area contributed by atoms with Crippen molar-refractivity contribution in [2.45, 2.75) is 37.0 Å². The van der Waals surface area contributed by atoms with Crippen LogP contribution in [0.15, 0.2) is 12.3 Å². The van der Waals surface area contributed by atoms with Gasteiger partial charge in [0.15, 0.2) is 0 Å². The number of rotatable bonds is 4. The molecule has 0 atom stereocenters. The fourth-order valence-electron chi connectivity index (χ4n) is 3.13. The van der Waals surface area contributed by atoms with Gasteiger partial charge in [-0.2, -0.15) is 0 Å². The third-order valence-electron chi connectivity index (χ3n) is 4.66. The van der Waals surface area contributed by atoms with Crippen LogP contribution >= 0.6 is 0 Å². The van der Waals surface area contributed by atoms with Crippen LogP contribution in [-0.4, -0.2) is 48.6 Å². The molecule has 0 radical (unpaired) electrons. The summed E-state index contributed by atoms with van der Waals surface area (Å²) in [7, 11) is 4.22. The van der Waals surface area contributed by atoms with Gasteiger partial charge in [-0.3, -0.25) is 0 Å². The summed E-state index contributed by atoms with van der Waals surface area (Å²) in [6.45, 7) is 3.38. The van der Waals surface area contributed by atoms with Crippen molar-refractivity contribution in [3.63, 3.8) is 0 Å². The number of likely N-dealkylation sites (N-methyl/N-ethyl adjacent to an activating group) is 1. The molecule has 1 saturated carbocycles. The van der Waals surface area contributed by atoms with Crippen molar-refractivity contribution < 1.29 is 0 Å². The Morgan fingerprint density at radius 3 is 2.74 bits per heavy atom. The predicted octanol–water partition coefficient (Wildman–Crippen LogP) is 1.54. The van der Waals surface area contributed by atoms with E-state index in [-0.39, 0.29) is 5.41 Å². The van der Waals surface area contributed by atoms with Gasteiger partial charge in [0, 0.05) is 29.8 Å². The molecule has 0 amide bonds. The quantitative estimate of drug-likeness (QED) is 0.891. The summed E-state index contributed by atoms with van der Waals surface area (Å²) < 4.78 is 0. The van der Waals surface area contributed by atoms with E-state index in [1.165, 1.54) is 44.5 Å². The Hall–Kier alpha value is -1.00. The Morgan fingerprint density at radius 1 is 1.37 bits per heavy atom. The van der Waals surface area contributed by atoms with Crippen molar-refractivity contribution in [1.82, 2.24) is 20.2 Å². The number of hydrogen-bond acceptors (Lipinski definition) is 4. The van der Waals surface area contributed by atoms with Gasteiger partial charge in [-0.15, -0.1) is 0 Å². The molecule has 0 aromatic carbocycles. The summed E-state index contributed by atoms with van der Waals surface area (Å²) >= 11 is 0. The molecule has 4 nitrogen and oxygen atoms in total. The zero-order chi connectivity index (χ0) is 13.3. The molecular weight excluding hydrogens is 236 g/mol. The first kappa shape index (κ1) is 13.0. The fourth-order valence-corrected chi connectivity index (χ4v) is 3.13. The molecule has 2 aliphatic rings. The smallest absolute Gasteiger partial charge is 0.135 e. The van der Waals surface area contributed by atoms with E-state index in [2.05, 4.69) is 28.3 Å². The third-order valence-corrected chi connectivity index (χ3v) is 4.66. The average molecular weight is 260 g/mol. The molecule has 0 spiro atoms. The van der Waals surface area contributed by atoms with Gasteiger partial charge >= 0.3 is 0 Å². The molecule has 1 saturated heterocycles. The number of nitrogens with one attached hydrogen (secondary N) is 1. The number of aromatic nitrogens is 2. The number of nitrogens with zero attached hydrogens (tertiary/aromatic N) is 3. The summed E-state index contributed by atoms with van der Waals surface area (Å²) in [5.74, 6) is 1.70. The predicted molar refractivity (Wildman–Crippen MR) is 76.3 cm³/mol. The van der Waals surface area contributed by atoms with Gasteiger partial charge in [0.1, 0.15) is 5.82 Å². The second kappa shape index (κ2) is 5.17. The van der Waals surface area contributed by atoms with E-state index in [0.29, 0.717) is 5.92 Å². The van der Waals surface area contributed by atoms with Gasteiger partial charge in [-0.1, -0.05) is 0 Å². The molecule has 2 heterocycles.